The van der Waals surface area contributed by atoms with E-state index in [1.54, 1.807) is 4.68 Å². The number of para-hydroxylation sites is 1. The van der Waals surface area contributed by atoms with Gasteiger partial charge in [0.15, 0.2) is 0 Å². The Kier molecular flexibility index (Phi) is 5.29. The van der Waals surface area contributed by atoms with Crippen molar-refractivity contribution in [3.63, 3.8) is 0 Å². The fraction of sp³-hybridized carbons (Fsp3) is 0.150. The second-order valence-electron chi connectivity index (χ2n) is 6.37. The van der Waals surface area contributed by atoms with E-state index in [0.29, 0.717) is 10.2 Å². The third-order valence-electron chi connectivity index (χ3n) is 4.27. The molecule has 7 nitrogen and oxygen atoms in total. The molecule has 0 fully saturated rings. The van der Waals surface area contributed by atoms with Crippen LogP contribution in [0.1, 0.15) is 16.1 Å². The van der Waals surface area contributed by atoms with Crippen LogP contribution < -0.4 is 0 Å². The maximum Gasteiger partial charge on any atom is 0.214 e. The molecular formula is C20H16N6OS2. The van der Waals surface area contributed by atoms with E-state index in [2.05, 4.69) is 32.6 Å². The van der Waals surface area contributed by atoms with Gasteiger partial charge in [-0.3, -0.25) is 0 Å². The van der Waals surface area contributed by atoms with E-state index >= 15 is 0 Å². The Morgan fingerprint density at radius 3 is 2.83 bits per heavy atom. The summed E-state index contributed by atoms with van der Waals surface area (Å²) in [6.45, 7) is 4.02. The quantitative estimate of drug-likeness (QED) is 0.289. The number of hydrogen-bond acceptors (Lipinski definition) is 8. The zero-order valence-corrected chi connectivity index (χ0v) is 17.3. The van der Waals surface area contributed by atoms with Crippen molar-refractivity contribution in [3.05, 3.63) is 64.4 Å². The molecule has 0 aliphatic heterocycles. The molecule has 0 unspecified atom stereocenters. The van der Waals surface area contributed by atoms with Crippen molar-refractivity contribution in [2.24, 2.45) is 0 Å². The van der Waals surface area contributed by atoms with E-state index < -0.39 is 0 Å². The predicted molar refractivity (Wildman–Crippen MR) is 114 cm³/mol. The van der Waals surface area contributed by atoms with Crippen molar-refractivity contribution in [1.82, 2.24) is 25.2 Å². The van der Waals surface area contributed by atoms with Gasteiger partial charge in [-0.25, -0.2) is 4.98 Å². The van der Waals surface area contributed by atoms with Gasteiger partial charge in [0.25, 0.3) is 0 Å². The topological polar surface area (TPSA) is 101 Å². The molecule has 0 spiro atoms. The van der Waals surface area contributed by atoms with E-state index in [9.17, 15) is 10.4 Å². The molecule has 4 aromatic rings. The average Bonchev–Trinajstić information content (AvgIpc) is 3.33. The van der Waals surface area contributed by atoms with Crippen molar-refractivity contribution in [1.29, 1.82) is 5.26 Å². The smallest absolute Gasteiger partial charge is 0.214 e. The van der Waals surface area contributed by atoms with Crippen LogP contribution in [-0.2, 0) is 0 Å². The van der Waals surface area contributed by atoms with Gasteiger partial charge >= 0.3 is 0 Å². The highest BCUT2D eigenvalue weighted by molar-refractivity contribution is 7.99. The summed E-state index contributed by atoms with van der Waals surface area (Å²) >= 11 is 2.64. The lowest BCUT2D eigenvalue weighted by Crippen LogP contribution is -2.02. The van der Waals surface area contributed by atoms with Gasteiger partial charge in [0.1, 0.15) is 22.4 Å². The van der Waals surface area contributed by atoms with Crippen LogP contribution in [0.15, 0.2) is 53.4 Å². The van der Waals surface area contributed by atoms with Crippen molar-refractivity contribution >= 4 is 38.9 Å². The Bertz CT molecular complexity index is 1230. The number of tetrazole rings is 1. The molecule has 0 radical (unpaired) electrons. The molecule has 0 atom stereocenters. The summed E-state index contributed by atoms with van der Waals surface area (Å²) in [5.41, 5.74) is 4.05. The number of aliphatic hydroxyl groups is 1. The Morgan fingerprint density at radius 1 is 1.24 bits per heavy atom. The summed E-state index contributed by atoms with van der Waals surface area (Å²) in [7, 11) is 0. The monoisotopic (exact) mass is 420 g/mol. The maximum atomic E-state index is 10.6. The largest absolute Gasteiger partial charge is 0.510 e. The van der Waals surface area contributed by atoms with Crippen LogP contribution >= 0.6 is 23.1 Å². The third kappa shape index (κ3) is 3.85. The van der Waals surface area contributed by atoms with Gasteiger partial charge < -0.3 is 5.11 Å². The van der Waals surface area contributed by atoms with Gasteiger partial charge in [0, 0.05) is 0 Å². The zero-order chi connectivity index (χ0) is 20.4. The lowest BCUT2D eigenvalue weighted by molar-refractivity contribution is 0.420. The van der Waals surface area contributed by atoms with Crippen molar-refractivity contribution < 1.29 is 5.11 Å². The Hall–Kier alpha value is -3.22. The van der Waals surface area contributed by atoms with E-state index in [-0.39, 0.29) is 17.1 Å². The van der Waals surface area contributed by atoms with Crippen LogP contribution in [0.2, 0.25) is 0 Å². The number of thiazole rings is 1. The fourth-order valence-corrected chi connectivity index (χ4v) is 4.63. The van der Waals surface area contributed by atoms with Crippen LogP contribution in [0.5, 0.6) is 0 Å². The number of rotatable bonds is 5. The van der Waals surface area contributed by atoms with Gasteiger partial charge in [0.05, 0.1) is 21.7 Å². The number of nitriles is 1. The molecule has 0 aliphatic rings. The number of benzene rings is 2. The molecular weight excluding hydrogens is 404 g/mol. The fourth-order valence-electron chi connectivity index (χ4n) is 2.88. The van der Waals surface area contributed by atoms with Crippen LogP contribution in [0.3, 0.4) is 0 Å². The lowest BCUT2D eigenvalue weighted by atomic mass is 10.1. The number of hydrogen-bond donors (Lipinski definition) is 1. The number of nitrogens with zero attached hydrogens (tertiary/aromatic N) is 6. The molecule has 2 heterocycles. The average molecular weight is 421 g/mol. The number of aromatic nitrogens is 5. The predicted octanol–water partition coefficient (Wildman–Crippen LogP) is 4.47. The summed E-state index contributed by atoms with van der Waals surface area (Å²) in [4.78, 5) is 4.46. The van der Waals surface area contributed by atoms with E-state index in [1.165, 1.54) is 23.1 Å². The van der Waals surface area contributed by atoms with E-state index in [1.807, 2.05) is 50.2 Å². The Labute approximate surface area is 175 Å². The molecule has 0 saturated carbocycles. The zero-order valence-electron chi connectivity index (χ0n) is 15.7. The molecule has 1 N–H and O–H groups in total. The number of aliphatic hydroxyl groups excluding tert-OH is 1. The van der Waals surface area contributed by atoms with Gasteiger partial charge in [-0.1, -0.05) is 41.6 Å². The molecule has 0 amide bonds. The molecule has 4 rings (SSSR count). The van der Waals surface area contributed by atoms with Crippen LogP contribution in [0.25, 0.3) is 21.5 Å². The minimum atomic E-state index is -0.0493. The van der Waals surface area contributed by atoms with Gasteiger partial charge in [-0.05, 0) is 48.0 Å². The summed E-state index contributed by atoms with van der Waals surface area (Å²) < 4.78 is 2.60. The summed E-state index contributed by atoms with van der Waals surface area (Å²) in [6, 6.07) is 15.7. The molecule has 0 aliphatic carbocycles. The number of fused-ring (bicyclic) bond motifs is 1. The highest BCUT2D eigenvalue weighted by Crippen LogP contribution is 2.30. The third-order valence-corrected chi connectivity index (χ3v) is 6.25. The number of thioether (sulfide) groups is 1. The molecule has 0 bridgehead atoms. The van der Waals surface area contributed by atoms with Crippen LogP contribution in [0, 0.1) is 25.2 Å². The molecule has 9 heteroatoms. The minimum Gasteiger partial charge on any atom is -0.510 e. The summed E-state index contributed by atoms with van der Waals surface area (Å²) in [6.07, 6.45) is 0. The molecule has 2 aromatic carbocycles. The molecule has 29 heavy (non-hydrogen) atoms. The number of allylic oxidation sites excluding steroid dienone is 1. The first-order valence-electron chi connectivity index (χ1n) is 8.74. The highest BCUT2D eigenvalue weighted by atomic mass is 32.2. The van der Waals surface area contributed by atoms with Crippen LogP contribution in [-0.4, -0.2) is 36.1 Å². The lowest BCUT2D eigenvalue weighted by Gasteiger charge is -2.08. The van der Waals surface area contributed by atoms with Crippen LogP contribution in [0.4, 0.5) is 0 Å². The first-order chi connectivity index (χ1) is 14.1. The minimum absolute atomic E-state index is 0.0493. The summed E-state index contributed by atoms with van der Waals surface area (Å²) in [5.74, 6) is 0.108. The first kappa shape index (κ1) is 19.1. The second kappa shape index (κ2) is 8.03. The Balaban J connectivity index is 1.60. The Morgan fingerprint density at radius 2 is 2.07 bits per heavy atom. The van der Waals surface area contributed by atoms with Gasteiger partial charge in [0.2, 0.25) is 5.16 Å². The number of aryl methyl sites for hydroxylation is 2. The first-order valence-corrected chi connectivity index (χ1v) is 10.5. The molecule has 0 saturated heterocycles. The van der Waals surface area contributed by atoms with Crippen molar-refractivity contribution in [2.75, 3.05) is 5.75 Å². The molecule has 144 valence electrons. The van der Waals surface area contributed by atoms with E-state index in [0.717, 1.165) is 27.0 Å². The highest BCUT2D eigenvalue weighted by Gasteiger charge is 2.16. The maximum absolute atomic E-state index is 10.6. The standard InChI is InChI=1S/C20H16N6OS2/c1-12-7-8-16(13(2)9-12)26-20(23-24-25-26)28-11-17(27)14(10-21)19-22-15-5-3-4-6-18(15)29-19/h3-9,27H,11H2,1-2H3/b17-14-. The van der Waals surface area contributed by atoms with Crippen molar-refractivity contribution in [2.45, 2.75) is 19.0 Å². The second-order valence-corrected chi connectivity index (χ2v) is 8.35. The van der Waals surface area contributed by atoms with Crippen molar-refractivity contribution in [3.8, 4) is 11.8 Å². The van der Waals surface area contributed by atoms with Gasteiger partial charge in [-0.2, -0.15) is 9.94 Å². The summed E-state index contributed by atoms with van der Waals surface area (Å²) in [5, 5.41) is 33.1. The normalized spacial score (nSPS) is 12.0. The van der Waals surface area contributed by atoms with Gasteiger partial charge in [-0.15, -0.1) is 16.4 Å². The van der Waals surface area contributed by atoms with E-state index in [4.69, 9.17) is 0 Å². The molecule has 2 aromatic heterocycles. The SMILES string of the molecule is Cc1ccc(-n2nnnc2SC/C(O)=C(\C#N)c2nc3ccccc3s2)c(C)c1.